The Balaban J connectivity index is 1.82. The van der Waals surface area contributed by atoms with Crippen LogP contribution in [0.15, 0.2) is 24.3 Å². The van der Waals surface area contributed by atoms with Crippen molar-refractivity contribution < 1.29 is 0 Å². The molecule has 22 heavy (non-hydrogen) atoms. The van der Waals surface area contributed by atoms with Crippen molar-refractivity contribution in [2.45, 2.75) is 57.9 Å². The molecule has 2 aliphatic rings. The number of hydrogen-bond donors (Lipinski definition) is 1. The highest BCUT2D eigenvalue weighted by Gasteiger charge is 2.30. The van der Waals surface area contributed by atoms with Crippen LogP contribution in [0.3, 0.4) is 0 Å². The second-order valence-electron chi connectivity index (χ2n) is 7.45. The zero-order valence-corrected chi connectivity index (χ0v) is 14.4. The quantitative estimate of drug-likeness (QED) is 0.890. The summed E-state index contributed by atoms with van der Waals surface area (Å²) in [5.74, 6) is 1.48. The number of nitrogens with zero attached hydrogens (tertiary/aromatic N) is 1. The number of piperazine rings is 1. The van der Waals surface area contributed by atoms with Gasteiger partial charge in [-0.15, -0.1) is 0 Å². The molecule has 1 aliphatic carbocycles. The van der Waals surface area contributed by atoms with E-state index in [-0.39, 0.29) is 0 Å². The van der Waals surface area contributed by atoms with E-state index < -0.39 is 0 Å². The van der Waals surface area contributed by atoms with E-state index in [1.807, 2.05) is 0 Å². The van der Waals surface area contributed by atoms with Crippen LogP contribution in [-0.2, 0) is 0 Å². The Morgan fingerprint density at radius 1 is 0.909 bits per heavy atom. The zero-order chi connectivity index (χ0) is 15.4. The average Bonchev–Trinajstić information content (AvgIpc) is 2.57. The molecular weight excluding hydrogens is 268 g/mol. The molecule has 2 nitrogen and oxygen atoms in total. The van der Waals surface area contributed by atoms with Gasteiger partial charge in [-0.2, -0.15) is 0 Å². The summed E-state index contributed by atoms with van der Waals surface area (Å²) < 4.78 is 0. The minimum Gasteiger partial charge on any atom is -0.314 e. The topological polar surface area (TPSA) is 15.3 Å². The van der Waals surface area contributed by atoms with Gasteiger partial charge in [-0.3, -0.25) is 4.90 Å². The van der Waals surface area contributed by atoms with E-state index in [0.29, 0.717) is 12.0 Å². The van der Waals surface area contributed by atoms with Gasteiger partial charge in [0, 0.05) is 32.2 Å². The molecule has 0 spiro atoms. The molecule has 122 valence electrons. The first-order valence-electron chi connectivity index (χ1n) is 9.30. The van der Waals surface area contributed by atoms with E-state index in [9.17, 15) is 0 Å². The number of nitrogens with one attached hydrogen (secondary N) is 1. The first-order valence-corrected chi connectivity index (χ1v) is 9.30. The second kappa shape index (κ2) is 7.61. The molecular formula is C20H32N2. The number of benzene rings is 1. The number of hydrogen-bond acceptors (Lipinski definition) is 2. The summed E-state index contributed by atoms with van der Waals surface area (Å²) in [6, 6.07) is 10.2. The Morgan fingerprint density at radius 3 is 2.09 bits per heavy atom. The highest BCUT2D eigenvalue weighted by Crippen LogP contribution is 2.38. The SMILES string of the molecule is CC(C)c1ccc([C@H](C2CCCCC2)N2CCNCC2)cc1. The van der Waals surface area contributed by atoms with Crippen LogP contribution < -0.4 is 5.32 Å². The van der Waals surface area contributed by atoms with Gasteiger partial charge in [-0.25, -0.2) is 0 Å². The van der Waals surface area contributed by atoms with E-state index >= 15 is 0 Å². The van der Waals surface area contributed by atoms with Crippen molar-refractivity contribution in [3.05, 3.63) is 35.4 Å². The lowest BCUT2D eigenvalue weighted by atomic mass is 9.80. The molecule has 1 saturated carbocycles. The third kappa shape index (κ3) is 3.72. The molecule has 3 rings (SSSR count). The molecule has 0 aromatic heterocycles. The van der Waals surface area contributed by atoms with Crippen LogP contribution in [0.4, 0.5) is 0 Å². The molecule has 1 aromatic carbocycles. The van der Waals surface area contributed by atoms with E-state index in [2.05, 4.69) is 48.3 Å². The molecule has 1 aliphatic heterocycles. The summed E-state index contributed by atoms with van der Waals surface area (Å²) in [6.07, 6.45) is 7.13. The Bertz CT molecular complexity index is 421. The van der Waals surface area contributed by atoms with Gasteiger partial charge in [0.2, 0.25) is 0 Å². The van der Waals surface area contributed by atoms with Gasteiger partial charge in [0.1, 0.15) is 0 Å². The lowest BCUT2D eigenvalue weighted by molar-refractivity contribution is 0.103. The second-order valence-corrected chi connectivity index (χ2v) is 7.45. The zero-order valence-electron chi connectivity index (χ0n) is 14.4. The molecule has 1 saturated heterocycles. The summed E-state index contributed by atoms with van der Waals surface area (Å²) in [5.41, 5.74) is 3.02. The van der Waals surface area contributed by atoms with E-state index in [0.717, 1.165) is 19.0 Å². The standard InChI is InChI=1S/C20H32N2/c1-16(2)17-8-10-19(11-9-17)20(18-6-4-3-5-7-18)22-14-12-21-13-15-22/h8-11,16,18,20-21H,3-7,12-15H2,1-2H3/t20-/m0/s1. The summed E-state index contributed by atoms with van der Waals surface area (Å²) in [4.78, 5) is 2.75. The van der Waals surface area contributed by atoms with Crippen LogP contribution in [0.25, 0.3) is 0 Å². The van der Waals surface area contributed by atoms with Crippen LogP contribution in [0.2, 0.25) is 0 Å². The fraction of sp³-hybridized carbons (Fsp3) is 0.700. The monoisotopic (exact) mass is 300 g/mol. The first-order chi connectivity index (χ1) is 10.8. The minimum atomic E-state index is 0.626. The van der Waals surface area contributed by atoms with Crippen LogP contribution in [0.5, 0.6) is 0 Å². The van der Waals surface area contributed by atoms with Crippen molar-refractivity contribution in [2.24, 2.45) is 5.92 Å². The van der Waals surface area contributed by atoms with E-state index in [1.165, 1.54) is 50.8 Å². The molecule has 0 amide bonds. The summed E-state index contributed by atoms with van der Waals surface area (Å²) in [7, 11) is 0. The molecule has 2 heteroatoms. The lowest BCUT2D eigenvalue weighted by Gasteiger charge is -2.41. The van der Waals surface area contributed by atoms with Gasteiger partial charge in [0.15, 0.2) is 0 Å². The van der Waals surface area contributed by atoms with E-state index in [4.69, 9.17) is 0 Å². The smallest absolute Gasteiger partial charge is 0.0377 e. The van der Waals surface area contributed by atoms with E-state index in [1.54, 1.807) is 5.56 Å². The maximum absolute atomic E-state index is 3.51. The molecule has 1 N–H and O–H groups in total. The Hall–Kier alpha value is -0.860. The fourth-order valence-corrected chi connectivity index (χ4v) is 4.27. The molecule has 0 unspecified atom stereocenters. The third-order valence-electron chi connectivity index (χ3n) is 5.59. The predicted octanol–water partition coefficient (Wildman–Crippen LogP) is 4.34. The van der Waals surface area contributed by atoms with Crippen LogP contribution in [0.1, 0.15) is 69.0 Å². The summed E-state index contributed by atoms with van der Waals surface area (Å²) in [6.45, 7) is 9.26. The highest BCUT2D eigenvalue weighted by atomic mass is 15.2. The van der Waals surface area contributed by atoms with Crippen molar-refractivity contribution in [3.63, 3.8) is 0 Å². The molecule has 0 radical (unpaired) electrons. The normalized spacial score (nSPS) is 22.9. The van der Waals surface area contributed by atoms with Gasteiger partial charge in [-0.1, -0.05) is 57.4 Å². The molecule has 2 fully saturated rings. The van der Waals surface area contributed by atoms with Crippen LogP contribution in [0, 0.1) is 5.92 Å². The maximum Gasteiger partial charge on any atom is 0.0377 e. The van der Waals surface area contributed by atoms with Gasteiger partial charge in [0.25, 0.3) is 0 Å². The Kier molecular flexibility index (Phi) is 5.54. The van der Waals surface area contributed by atoms with Gasteiger partial charge >= 0.3 is 0 Å². The van der Waals surface area contributed by atoms with Crippen molar-refractivity contribution in [1.29, 1.82) is 0 Å². The summed E-state index contributed by atoms with van der Waals surface area (Å²) in [5, 5.41) is 3.51. The van der Waals surface area contributed by atoms with Crippen molar-refractivity contribution in [3.8, 4) is 0 Å². The lowest BCUT2D eigenvalue weighted by Crippen LogP contribution is -2.47. The highest BCUT2D eigenvalue weighted by molar-refractivity contribution is 5.27. The maximum atomic E-state index is 3.51. The van der Waals surface area contributed by atoms with Gasteiger partial charge in [-0.05, 0) is 35.8 Å². The molecule has 0 bridgehead atoms. The fourth-order valence-electron chi connectivity index (χ4n) is 4.27. The van der Waals surface area contributed by atoms with Crippen molar-refractivity contribution >= 4 is 0 Å². The molecule has 1 heterocycles. The molecule has 1 aromatic rings. The van der Waals surface area contributed by atoms with Crippen molar-refractivity contribution in [2.75, 3.05) is 26.2 Å². The summed E-state index contributed by atoms with van der Waals surface area (Å²) >= 11 is 0. The van der Waals surface area contributed by atoms with Gasteiger partial charge < -0.3 is 5.32 Å². The van der Waals surface area contributed by atoms with Gasteiger partial charge in [0.05, 0.1) is 0 Å². The molecule has 1 atom stereocenters. The largest absolute Gasteiger partial charge is 0.314 e. The third-order valence-corrected chi connectivity index (χ3v) is 5.59. The first kappa shape index (κ1) is 16.0. The van der Waals surface area contributed by atoms with Crippen LogP contribution in [-0.4, -0.2) is 31.1 Å². The Morgan fingerprint density at radius 2 is 1.50 bits per heavy atom. The predicted molar refractivity (Wildman–Crippen MR) is 94.3 cm³/mol. The van der Waals surface area contributed by atoms with Crippen LogP contribution >= 0.6 is 0 Å². The van der Waals surface area contributed by atoms with Crippen molar-refractivity contribution in [1.82, 2.24) is 10.2 Å². The Labute approximate surface area is 136 Å². The minimum absolute atomic E-state index is 0.626. The average molecular weight is 300 g/mol. The number of rotatable bonds is 4.